The molecule has 0 saturated carbocycles. The molecule has 1 saturated heterocycles. The average Bonchev–Trinajstić information content (AvgIpc) is 3.12. The van der Waals surface area contributed by atoms with Crippen LogP contribution in [0, 0.1) is 5.82 Å². The summed E-state index contributed by atoms with van der Waals surface area (Å²) in [6.45, 7) is 0.901. The van der Waals surface area contributed by atoms with Gasteiger partial charge in [0.25, 0.3) is 5.91 Å². The Hall–Kier alpha value is -2.77. The first-order valence-corrected chi connectivity index (χ1v) is 9.56. The van der Waals surface area contributed by atoms with E-state index in [9.17, 15) is 9.18 Å². The Morgan fingerprint density at radius 1 is 1.32 bits per heavy atom. The lowest BCUT2D eigenvalue weighted by Crippen LogP contribution is -2.42. The second-order valence-corrected chi connectivity index (χ2v) is 7.30. The Bertz CT molecular complexity index is 1010. The quantitative estimate of drug-likeness (QED) is 0.546. The highest BCUT2D eigenvalue weighted by molar-refractivity contribution is 6.04. The number of para-hydroxylation sites is 1. The lowest BCUT2D eigenvalue weighted by molar-refractivity contribution is 0.100. The molecule has 3 aromatic rings. The number of hydrogen-bond acceptors (Lipinski definition) is 4. The van der Waals surface area contributed by atoms with Crippen molar-refractivity contribution in [2.45, 2.75) is 31.3 Å². The van der Waals surface area contributed by atoms with Crippen molar-refractivity contribution in [2.24, 2.45) is 5.73 Å². The Balaban J connectivity index is 1.64. The standard InChI is InChI=1S/C21H24FN5O/c1-24-11-13-4-2-6-17(25-13)12-8-9-14(16(22)10-12)21-26-18-7-3-5-15(20(23)28)19(18)27-21/h3,5,7-10,13,17,24-25H,2,4,6,11H2,1H3,(H2,23,28)(H,26,27). The van der Waals surface area contributed by atoms with E-state index in [4.69, 9.17) is 5.73 Å². The lowest BCUT2D eigenvalue weighted by atomic mass is 9.92. The Labute approximate surface area is 162 Å². The first-order chi connectivity index (χ1) is 13.6. The van der Waals surface area contributed by atoms with Crippen LogP contribution >= 0.6 is 0 Å². The van der Waals surface area contributed by atoms with E-state index in [0.717, 1.165) is 31.4 Å². The number of amides is 1. The smallest absolute Gasteiger partial charge is 0.250 e. The number of halogens is 1. The monoisotopic (exact) mass is 381 g/mol. The largest absolute Gasteiger partial charge is 0.366 e. The molecule has 2 atom stereocenters. The molecular formula is C21H24FN5O. The molecular weight excluding hydrogens is 357 g/mol. The van der Waals surface area contributed by atoms with Crippen molar-refractivity contribution in [1.29, 1.82) is 0 Å². The fourth-order valence-corrected chi connectivity index (χ4v) is 3.99. The maximum absolute atomic E-state index is 14.9. The van der Waals surface area contributed by atoms with Crippen LogP contribution in [-0.4, -0.2) is 35.5 Å². The highest BCUT2D eigenvalue weighted by Crippen LogP contribution is 2.30. The van der Waals surface area contributed by atoms with E-state index >= 15 is 0 Å². The molecule has 28 heavy (non-hydrogen) atoms. The first kappa shape index (κ1) is 18.6. The minimum Gasteiger partial charge on any atom is -0.366 e. The molecule has 0 bridgehead atoms. The van der Waals surface area contributed by atoms with Gasteiger partial charge in [0.15, 0.2) is 0 Å². The molecule has 7 heteroatoms. The molecule has 0 spiro atoms. The SMILES string of the molecule is CNCC1CCCC(c2ccc(-c3nc4c(C(N)=O)cccc4[nH]3)c(F)c2)N1. The number of imidazole rings is 1. The number of carbonyl (C=O) groups is 1. The van der Waals surface area contributed by atoms with Crippen LogP contribution in [0.15, 0.2) is 36.4 Å². The van der Waals surface area contributed by atoms with E-state index in [2.05, 4.69) is 20.6 Å². The van der Waals surface area contributed by atoms with Crippen LogP contribution in [0.25, 0.3) is 22.4 Å². The molecule has 2 unspecified atom stereocenters. The van der Waals surface area contributed by atoms with E-state index in [1.165, 1.54) is 0 Å². The zero-order valence-corrected chi connectivity index (χ0v) is 15.8. The van der Waals surface area contributed by atoms with Gasteiger partial charge in [0.2, 0.25) is 0 Å². The molecule has 2 heterocycles. The Kier molecular flexibility index (Phi) is 5.11. The number of benzene rings is 2. The fourth-order valence-electron chi connectivity index (χ4n) is 3.99. The molecule has 1 aromatic heterocycles. The van der Waals surface area contributed by atoms with Crippen molar-refractivity contribution in [3.63, 3.8) is 0 Å². The number of fused-ring (bicyclic) bond motifs is 1. The first-order valence-electron chi connectivity index (χ1n) is 9.56. The third-order valence-electron chi connectivity index (χ3n) is 5.36. The summed E-state index contributed by atoms with van der Waals surface area (Å²) in [6, 6.07) is 10.9. The lowest BCUT2D eigenvalue weighted by Gasteiger charge is -2.31. The molecule has 0 radical (unpaired) electrons. The van der Waals surface area contributed by atoms with Gasteiger partial charge in [-0.3, -0.25) is 4.79 Å². The van der Waals surface area contributed by atoms with Crippen molar-refractivity contribution in [3.8, 4) is 11.4 Å². The van der Waals surface area contributed by atoms with Crippen LogP contribution in [0.2, 0.25) is 0 Å². The number of hydrogen-bond donors (Lipinski definition) is 4. The number of primary amides is 1. The normalized spacial score (nSPS) is 19.8. The number of likely N-dealkylation sites (N-methyl/N-ethyl adjacent to an activating group) is 1. The number of piperidine rings is 1. The van der Waals surface area contributed by atoms with Gasteiger partial charge in [-0.2, -0.15) is 0 Å². The van der Waals surface area contributed by atoms with Gasteiger partial charge in [0, 0.05) is 18.6 Å². The second-order valence-electron chi connectivity index (χ2n) is 7.30. The second kappa shape index (κ2) is 7.69. The summed E-state index contributed by atoms with van der Waals surface area (Å²) in [4.78, 5) is 19.1. The number of nitrogens with zero attached hydrogens (tertiary/aromatic N) is 1. The summed E-state index contributed by atoms with van der Waals surface area (Å²) in [5.41, 5.74) is 8.15. The van der Waals surface area contributed by atoms with Gasteiger partial charge in [0.05, 0.1) is 16.6 Å². The number of H-pyrrole nitrogens is 1. The van der Waals surface area contributed by atoms with Gasteiger partial charge < -0.3 is 21.4 Å². The molecule has 1 amide bonds. The maximum atomic E-state index is 14.9. The van der Waals surface area contributed by atoms with Crippen molar-refractivity contribution in [3.05, 3.63) is 53.3 Å². The number of aromatic amines is 1. The summed E-state index contributed by atoms with van der Waals surface area (Å²) in [6.07, 6.45) is 3.23. The van der Waals surface area contributed by atoms with Gasteiger partial charge in [-0.1, -0.05) is 12.1 Å². The number of nitrogens with one attached hydrogen (secondary N) is 3. The molecule has 1 aliphatic rings. The van der Waals surface area contributed by atoms with Gasteiger partial charge in [0.1, 0.15) is 17.2 Å². The molecule has 1 fully saturated rings. The van der Waals surface area contributed by atoms with E-state index < -0.39 is 5.91 Å². The summed E-state index contributed by atoms with van der Waals surface area (Å²) >= 11 is 0. The highest BCUT2D eigenvalue weighted by Gasteiger charge is 2.23. The van der Waals surface area contributed by atoms with Crippen LogP contribution in [0.4, 0.5) is 4.39 Å². The summed E-state index contributed by atoms with van der Waals surface area (Å²) < 4.78 is 14.9. The molecule has 1 aliphatic heterocycles. The molecule has 146 valence electrons. The van der Waals surface area contributed by atoms with Gasteiger partial charge >= 0.3 is 0 Å². The van der Waals surface area contributed by atoms with Crippen LogP contribution in [0.3, 0.4) is 0 Å². The average molecular weight is 381 g/mol. The molecule has 0 aliphatic carbocycles. The molecule has 5 N–H and O–H groups in total. The van der Waals surface area contributed by atoms with E-state index in [0.29, 0.717) is 34.0 Å². The summed E-state index contributed by atoms with van der Waals surface area (Å²) in [7, 11) is 1.94. The van der Waals surface area contributed by atoms with Crippen LogP contribution in [0.1, 0.15) is 41.2 Å². The predicted molar refractivity (Wildman–Crippen MR) is 107 cm³/mol. The minimum atomic E-state index is -0.557. The minimum absolute atomic E-state index is 0.146. The van der Waals surface area contributed by atoms with Crippen molar-refractivity contribution >= 4 is 16.9 Å². The topological polar surface area (TPSA) is 95.8 Å². The van der Waals surface area contributed by atoms with Crippen LogP contribution < -0.4 is 16.4 Å². The fraction of sp³-hybridized carbons (Fsp3) is 0.333. The van der Waals surface area contributed by atoms with Gasteiger partial charge in [-0.15, -0.1) is 0 Å². The Morgan fingerprint density at radius 3 is 2.93 bits per heavy atom. The Morgan fingerprint density at radius 2 is 2.18 bits per heavy atom. The van der Waals surface area contributed by atoms with Gasteiger partial charge in [-0.05, 0) is 56.1 Å². The predicted octanol–water partition coefficient (Wildman–Crippen LogP) is 2.87. The third kappa shape index (κ3) is 3.50. The molecule has 6 nitrogen and oxygen atoms in total. The number of carbonyl (C=O) groups excluding carboxylic acids is 1. The zero-order valence-electron chi connectivity index (χ0n) is 15.8. The van der Waals surface area contributed by atoms with Gasteiger partial charge in [-0.25, -0.2) is 9.37 Å². The van der Waals surface area contributed by atoms with Crippen molar-refractivity contribution in [1.82, 2.24) is 20.6 Å². The van der Waals surface area contributed by atoms with E-state index in [1.807, 2.05) is 13.1 Å². The molecule has 4 rings (SSSR count). The van der Waals surface area contributed by atoms with Crippen LogP contribution in [0.5, 0.6) is 0 Å². The number of rotatable bonds is 5. The third-order valence-corrected chi connectivity index (χ3v) is 5.36. The summed E-state index contributed by atoms with van der Waals surface area (Å²) in [5.74, 6) is -0.508. The molecule has 2 aromatic carbocycles. The van der Waals surface area contributed by atoms with Crippen molar-refractivity contribution < 1.29 is 9.18 Å². The maximum Gasteiger partial charge on any atom is 0.250 e. The zero-order chi connectivity index (χ0) is 19.7. The van der Waals surface area contributed by atoms with Crippen LogP contribution in [-0.2, 0) is 0 Å². The summed E-state index contributed by atoms with van der Waals surface area (Å²) in [5, 5.41) is 6.79. The number of nitrogens with two attached hydrogens (primary N) is 1. The van der Waals surface area contributed by atoms with Crippen molar-refractivity contribution in [2.75, 3.05) is 13.6 Å². The highest BCUT2D eigenvalue weighted by atomic mass is 19.1. The van der Waals surface area contributed by atoms with E-state index in [-0.39, 0.29) is 11.9 Å². The number of aromatic nitrogens is 2. The van der Waals surface area contributed by atoms with E-state index in [1.54, 1.807) is 30.3 Å².